The minimum absolute atomic E-state index is 0.701. The van der Waals surface area contributed by atoms with Gasteiger partial charge in [0.25, 0.3) is 0 Å². The van der Waals surface area contributed by atoms with E-state index in [2.05, 4.69) is 40.3 Å². The third-order valence-corrected chi connectivity index (χ3v) is 4.78. The second kappa shape index (κ2) is 5.72. The van der Waals surface area contributed by atoms with Crippen LogP contribution in [-0.4, -0.2) is 0 Å². The normalized spacial score (nSPS) is 39.5. The van der Waals surface area contributed by atoms with Crippen molar-refractivity contribution in [2.45, 2.75) is 53.4 Å². The molecule has 0 nitrogen and oxygen atoms in total. The summed E-state index contributed by atoms with van der Waals surface area (Å²) in [5, 5.41) is 0. The lowest BCUT2D eigenvalue weighted by molar-refractivity contribution is 0.236. The predicted molar refractivity (Wildman–Crippen MR) is 68.8 cm³/mol. The van der Waals surface area contributed by atoms with Crippen LogP contribution in [0.2, 0.25) is 0 Å². The molecular formula is C15H28. The molecule has 15 heavy (non-hydrogen) atoms. The van der Waals surface area contributed by atoms with Gasteiger partial charge in [0.15, 0.2) is 0 Å². The highest BCUT2D eigenvalue weighted by atomic mass is 14.4. The molecule has 1 aliphatic carbocycles. The maximum atomic E-state index is 3.97. The van der Waals surface area contributed by atoms with Crippen LogP contribution < -0.4 is 0 Å². The fourth-order valence-electron chi connectivity index (χ4n) is 3.20. The first-order valence-corrected chi connectivity index (χ1v) is 6.72. The molecule has 0 saturated heterocycles. The Kier molecular flexibility index (Phi) is 4.89. The zero-order valence-corrected chi connectivity index (χ0v) is 11.0. The Labute approximate surface area is 96.2 Å². The highest BCUT2D eigenvalue weighted by molar-refractivity contribution is 4.88. The van der Waals surface area contributed by atoms with Gasteiger partial charge in [0.05, 0.1) is 0 Å². The van der Waals surface area contributed by atoms with Crippen molar-refractivity contribution in [1.82, 2.24) is 0 Å². The lowest BCUT2D eigenvalue weighted by Crippen LogP contribution is -2.20. The molecule has 1 saturated carbocycles. The van der Waals surface area contributed by atoms with Gasteiger partial charge in [0, 0.05) is 0 Å². The molecule has 1 aliphatic rings. The topological polar surface area (TPSA) is 0 Å². The van der Waals surface area contributed by atoms with Gasteiger partial charge in [-0.25, -0.2) is 0 Å². The summed E-state index contributed by atoms with van der Waals surface area (Å²) in [7, 11) is 0. The van der Waals surface area contributed by atoms with E-state index in [4.69, 9.17) is 0 Å². The number of allylic oxidation sites excluding steroid dienone is 1. The van der Waals surface area contributed by atoms with Crippen molar-refractivity contribution < 1.29 is 0 Å². The van der Waals surface area contributed by atoms with Gasteiger partial charge in [-0.15, -0.1) is 6.58 Å². The van der Waals surface area contributed by atoms with Crippen LogP contribution in [0.25, 0.3) is 0 Å². The quantitative estimate of drug-likeness (QED) is 0.457. The lowest BCUT2D eigenvalue weighted by Gasteiger charge is -2.28. The zero-order chi connectivity index (χ0) is 11.4. The van der Waals surface area contributed by atoms with Crippen LogP contribution in [0.3, 0.4) is 0 Å². The molecule has 0 radical (unpaired) electrons. The van der Waals surface area contributed by atoms with E-state index in [9.17, 15) is 0 Å². The first kappa shape index (κ1) is 12.8. The van der Waals surface area contributed by atoms with Crippen LogP contribution in [-0.2, 0) is 0 Å². The fourth-order valence-corrected chi connectivity index (χ4v) is 3.20. The molecular weight excluding hydrogens is 180 g/mol. The SMILES string of the molecule is C=CC(C)C1CCC(C)C(C)CC1CC. The Balaban J connectivity index is 2.72. The van der Waals surface area contributed by atoms with Crippen molar-refractivity contribution in [1.29, 1.82) is 0 Å². The van der Waals surface area contributed by atoms with Crippen LogP contribution in [0.5, 0.6) is 0 Å². The van der Waals surface area contributed by atoms with E-state index in [1.807, 2.05) is 0 Å². The Hall–Kier alpha value is -0.260. The summed E-state index contributed by atoms with van der Waals surface area (Å²) in [6, 6.07) is 0. The highest BCUT2D eigenvalue weighted by Crippen LogP contribution is 2.40. The molecule has 0 amide bonds. The Morgan fingerprint density at radius 3 is 2.47 bits per heavy atom. The minimum atomic E-state index is 0.701. The predicted octanol–water partition coefficient (Wildman–Crippen LogP) is 4.91. The molecule has 0 N–H and O–H groups in total. The molecule has 0 heteroatoms. The van der Waals surface area contributed by atoms with Gasteiger partial charge in [-0.05, 0) is 42.4 Å². The summed E-state index contributed by atoms with van der Waals surface area (Å²) < 4.78 is 0. The summed E-state index contributed by atoms with van der Waals surface area (Å²) in [4.78, 5) is 0. The molecule has 0 aromatic heterocycles. The lowest BCUT2D eigenvalue weighted by atomic mass is 9.77. The summed E-state index contributed by atoms with van der Waals surface area (Å²) in [6.45, 7) is 13.5. The molecule has 0 aromatic carbocycles. The maximum absolute atomic E-state index is 3.97. The summed E-state index contributed by atoms with van der Waals surface area (Å²) >= 11 is 0. The van der Waals surface area contributed by atoms with Crippen LogP contribution in [0.4, 0.5) is 0 Å². The fraction of sp³-hybridized carbons (Fsp3) is 0.867. The average Bonchev–Trinajstić information content (AvgIpc) is 2.38. The van der Waals surface area contributed by atoms with Gasteiger partial charge in [0.1, 0.15) is 0 Å². The second-order valence-corrected chi connectivity index (χ2v) is 5.69. The van der Waals surface area contributed by atoms with Crippen molar-refractivity contribution in [3.8, 4) is 0 Å². The van der Waals surface area contributed by atoms with Gasteiger partial charge in [-0.1, -0.05) is 46.6 Å². The van der Waals surface area contributed by atoms with Crippen molar-refractivity contribution in [2.75, 3.05) is 0 Å². The largest absolute Gasteiger partial charge is 0.103 e. The molecule has 88 valence electrons. The molecule has 0 heterocycles. The molecule has 0 aromatic rings. The zero-order valence-electron chi connectivity index (χ0n) is 11.0. The second-order valence-electron chi connectivity index (χ2n) is 5.69. The van der Waals surface area contributed by atoms with Crippen LogP contribution in [0.15, 0.2) is 12.7 Å². The Morgan fingerprint density at radius 1 is 1.27 bits per heavy atom. The Bertz CT molecular complexity index is 194. The molecule has 0 spiro atoms. The van der Waals surface area contributed by atoms with Crippen molar-refractivity contribution in [3.05, 3.63) is 12.7 Å². The van der Waals surface area contributed by atoms with E-state index < -0.39 is 0 Å². The molecule has 0 bridgehead atoms. The van der Waals surface area contributed by atoms with E-state index in [0.717, 1.165) is 23.7 Å². The van der Waals surface area contributed by atoms with E-state index in [-0.39, 0.29) is 0 Å². The van der Waals surface area contributed by atoms with E-state index >= 15 is 0 Å². The van der Waals surface area contributed by atoms with Gasteiger partial charge in [-0.2, -0.15) is 0 Å². The first-order chi connectivity index (χ1) is 7.10. The molecule has 1 fully saturated rings. The van der Waals surface area contributed by atoms with Gasteiger partial charge in [0.2, 0.25) is 0 Å². The third kappa shape index (κ3) is 3.09. The number of rotatable bonds is 3. The molecule has 1 rings (SSSR count). The summed E-state index contributed by atoms with van der Waals surface area (Å²) in [6.07, 6.45) is 7.77. The standard InChI is InChI=1S/C15H28/c1-6-11(3)15-9-8-12(4)13(5)10-14(15)7-2/h6,11-15H,1,7-10H2,2-5H3. The van der Waals surface area contributed by atoms with Crippen LogP contribution in [0.1, 0.15) is 53.4 Å². The maximum Gasteiger partial charge on any atom is -0.0234 e. The monoisotopic (exact) mass is 208 g/mol. The van der Waals surface area contributed by atoms with Crippen molar-refractivity contribution in [3.63, 3.8) is 0 Å². The van der Waals surface area contributed by atoms with E-state index in [0.29, 0.717) is 5.92 Å². The number of hydrogen-bond acceptors (Lipinski definition) is 0. The van der Waals surface area contributed by atoms with Crippen LogP contribution >= 0.6 is 0 Å². The van der Waals surface area contributed by atoms with Crippen molar-refractivity contribution >= 4 is 0 Å². The van der Waals surface area contributed by atoms with Gasteiger partial charge < -0.3 is 0 Å². The molecule has 0 aliphatic heterocycles. The smallest absolute Gasteiger partial charge is 0.0234 e. The highest BCUT2D eigenvalue weighted by Gasteiger charge is 2.30. The van der Waals surface area contributed by atoms with E-state index in [1.165, 1.54) is 25.7 Å². The third-order valence-electron chi connectivity index (χ3n) is 4.78. The van der Waals surface area contributed by atoms with E-state index in [1.54, 1.807) is 0 Å². The minimum Gasteiger partial charge on any atom is -0.103 e. The van der Waals surface area contributed by atoms with Crippen molar-refractivity contribution in [2.24, 2.45) is 29.6 Å². The summed E-state index contributed by atoms with van der Waals surface area (Å²) in [5.74, 6) is 4.35. The average molecular weight is 208 g/mol. The first-order valence-electron chi connectivity index (χ1n) is 6.72. The summed E-state index contributed by atoms with van der Waals surface area (Å²) in [5.41, 5.74) is 0. The molecule has 5 atom stereocenters. The van der Waals surface area contributed by atoms with Crippen LogP contribution in [0, 0.1) is 29.6 Å². The van der Waals surface area contributed by atoms with Gasteiger partial charge in [-0.3, -0.25) is 0 Å². The Morgan fingerprint density at radius 2 is 1.93 bits per heavy atom. The molecule has 5 unspecified atom stereocenters. The number of hydrogen-bond donors (Lipinski definition) is 0. The van der Waals surface area contributed by atoms with Gasteiger partial charge >= 0.3 is 0 Å².